The minimum Gasteiger partial charge on any atom is -0.491 e. The quantitative estimate of drug-likeness (QED) is 0.0934. The van der Waals surface area contributed by atoms with E-state index >= 15 is 0 Å². The smallest absolute Gasteiger partial charge is 0.254 e. The van der Waals surface area contributed by atoms with E-state index in [0.717, 1.165) is 50.0 Å². The molecule has 14 heteroatoms. The molecule has 0 spiro atoms. The number of aromatic nitrogens is 4. The predicted molar refractivity (Wildman–Crippen MR) is 164 cm³/mol. The van der Waals surface area contributed by atoms with Crippen LogP contribution in [0.25, 0.3) is 11.1 Å². The van der Waals surface area contributed by atoms with Gasteiger partial charge in [-0.2, -0.15) is 5.10 Å². The van der Waals surface area contributed by atoms with Gasteiger partial charge >= 0.3 is 0 Å². The summed E-state index contributed by atoms with van der Waals surface area (Å²) in [5.74, 6) is 5.96. The molecule has 6 N–H and O–H groups in total. The van der Waals surface area contributed by atoms with Gasteiger partial charge in [0.1, 0.15) is 23.9 Å². The number of hydrazine groups is 1. The molecular formula is C29H39ClN10O3. The molecule has 0 radical (unpaired) electrons. The lowest BCUT2D eigenvalue weighted by Crippen LogP contribution is -2.52. The second-order valence-electron chi connectivity index (χ2n) is 11.5. The first kappa shape index (κ1) is 29.4. The Morgan fingerprint density at radius 2 is 1.79 bits per heavy atom. The zero-order valence-corrected chi connectivity index (χ0v) is 25.0. The Bertz CT molecular complexity index is 1380. The van der Waals surface area contributed by atoms with E-state index in [2.05, 4.69) is 41.2 Å². The lowest BCUT2D eigenvalue weighted by atomic mass is 9.89. The van der Waals surface area contributed by atoms with E-state index in [4.69, 9.17) is 26.9 Å². The van der Waals surface area contributed by atoms with Gasteiger partial charge in [-0.3, -0.25) is 9.58 Å². The number of anilines is 2. The fourth-order valence-electron chi connectivity index (χ4n) is 6.53. The zero-order chi connectivity index (χ0) is 29.8. The van der Waals surface area contributed by atoms with Crippen LogP contribution in [0, 0.1) is 0 Å². The maximum absolute atomic E-state index is 10.6. The van der Waals surface area contributed by atoms with Crippen LogP contribution < -0.4 is 26.7 Å². The van der Waals surface area contributed by atoms with Crippen LogP contribution in [0.1, 0.15) is 51.5 Å². The average Bonchev–Trinajstić information content (AvgIpc) is 3.51. The fourth-order valence-corrected chi connectivity index (χ4v) is 6.69. The first-order valence-corrected chi connectivity index (χ1v) is 15.3. The molecule has 0 unspecified atom stereocenters. The summed E-state index contributed by atoms with van der Waals surface area (Å²) >= 11 is 6.38. The van der Waals surface area contributed by atoms with E-state index in [0.29, 0.717) is 47.1 Å². The highest BCUT2D eigenvalue weighted by Gasteiger charge is 2.42. The third-order valence-electron chi connectivity index (χ3n) is 8.60. The third-order valence-corrected chi connectivity index (χ3v) is 8.91. The lowest BCUT2D eigenvalue weighted by molar-refractivity contribution is -0.0458. The highest BCUT2D eigenvalue weighted by atomic mass is 35.5. The van der Waals surface area contributed by atoms with Crippen LogP contribution in [-0.4, -0.2) is 80.1 Å². The summed E-state index contributed by atoms with van der Waals surface area (Å²) in [6.45, 7) is 4.17. The number of aromatic hydroxyl groups is 1. The second-order valence-corrected chi connectivity index (χ2v) is 11.9. The number of morpholine rings is 1. The molecule has 1 aromatic carbocycles. The number of benzene rings is 1. The van der Waals surface area contributed by atoms with Crippen molar-refractivity contribution in [2.45, 2.75) is 75.7 Å². The first-order valence-electron chi connectivity index (χ1n) is 14.9. The van der Waals surface area contributed by atoms with Crippen molar-refractivity contribution in [2.75, 3.05) is 25.1 Å². The van der Waals surface area contributed by atoms with Crippen LogP contribution in [0.3, 0.4) is 0 Å². The fraction of sp³-hybridized carbons (Fsp3) is 0.517. The lowest BCUT2D eigenvalue weighted by Gasteiger charge is -2.43. The van der Waals surface area contributed by atoms with Gasteiger partial charge in [0.2, 0.25) is 5.95 Å². The molecule has 2 aromatic heterocycles. The molecule has 3 fully saturated rings. The molecule has 4 heterocycles. The van der Waals surface area contributed by atoms with Gasteiger partial charge < -0.3 is 25.2 Å². The Kier molecular flexibility index (Phi) is 9.12. The molecule has 2 saturated heterocycles. The summed E-state index contributed by atoms with van der Waals surface area (Å²) in [6, 6.07) is 7.58. The van der Waals surface area contributed by atoms with Gasteiger partial charge in [-0.05, 0) is 63.1 Å². The van der Waals surface area contributed by atoms with E-state index < -0.39 is 0 Å². The van der Waals surface area contributed by atoms with Crippen molar-refractivity contribution in [3.8, 4) is 22.8 Å². The Labute approximate surface area is 255 Å². The van der Waals surface area contributed by atoms with E-state index in [9.17, 15) is 5.11 Å². The van der Waals surface area contributed by atoms with Crippen LogP contribution >= 0.6 is 11.6 Å². The number of nitrogens with one attached hydrogen (secondary N) is 3. The third kappa shape index (κ3) is 6.80. The minimum atomic E-state index is -0.178. The van der Waals surface area contributed by atoms with Gasteiger partial charge in [0.25, 0.3) is 5.88 Å². The van der Waals surface area contributed by atoms with Crippen molar-refractivity contribution in [2.24, 2.45) is 10.9 Å². The Hall–Kier alpha value is -3.65. The molecule has 1 aliphatic carbocycles. The van der Waals surface area contributed by atoms with E-state index in [-0.39, 0.29) is 18.0 Å². The molecule has 3 aromatic rings. The number of fused-ring (bicyclic) bond motifs is 2. The highest BCUT2D eigenvalue weighted by Crippen LogP contribution is 2.39. The highest BCUT2D eigenvalue weighted by molar-refractivity contribution is 6.32. The molecule has 6 rings (SSSR count). The SMILES string of the molecule is C[C@@H](CN/C=N\NN)Oc1cc(-c2cnc(Nc3cn([C@H]4CC[C@H](N5[C@@H]6CC[C@H]5COC6)CC4)nc3O)nc2)ccc1Cl. The van der Waals surface area contributed by atoms with Crippen LogP contribution in [0.2, 0.25) is 5.02 Å². The normalized spacial score (nSPS) is 24.6. The van der Waals surface area contributed by atoms with Crippen molar-refractivity contribution >= 4 is 29.6 Å². The molecule has 230 valence electrons. The standard InChI is InChI=1S/C29H39ClN10O3/c1-18(11-32-17-35-38-31)43-27-10-19(2-9-25(27)30)20-12-33-29(34-13-20)36-26-14-39(37-28(26)41)21-3-5-22(6-4-21)40-23-7-8-24(40)16-42-15-23/h2,9-10,12-14,17-18,21-24,38H,3-8,11,15-16,31H2,1H3,(H,32,35)(H,37,41)(H,33,34,36)/t18-,21-,22-,23-,24+/m0/s1. The zero-order valence-electron chi connectivity index (χ0n) is 24.2. The van der Waals surface area contributed by atoms with Crippen molar-refractivity contribution in [3.63, 3.8) is 0 Å². The first-order chi connectivity index (χ1) is 21.0. The van der Waals surface area contributed by atoms with E-state index in [1.807, 2.05) is 29.9 Å². The number of nitrogens with two attached hydrogens (primary N) is 1. The summed E-state index contributed by atoms with van der Waals surface area (Å²) in [6.07, 6.45) is 13.4. The van der Waals surface area contributed by atoms with Gasteiger partial charge in [0.15, 0.2) is 0 Å². The summed E-state index contributed by atoms with van der Waals surface area (Å²) in [7, 11) is 0. The van der Waals surface area contributed by atoms with Gasteiger partial charge in [0.05, 0.1) is 37.0 Å². The van der Waals surface area contributed by atoms with Crippen LogP contribution in [0.4, 0.5) is 11.6 Å². The van der Waals surface area contributed by atoms with Crippen molar-refractivity contribution in [1.29, 1.82) is 0 Å². The minimum absolute atomic E-state index is 0.0605. The van der Waals surface area contributed by atoms with Crippen molar-refractivity contribution in [3.05, 3.63) is 41.8 Å². The van der Waals surface area contributed by atoms with Gasteiger partial charge in [-0.25, -0.2) is 21.3 Å². The van der Waals surface area contributed by atoms with Gasteiger partial charge in [-0.1, -0.05) is 17.7 Å². The largest absolute Gasteiger partial charge is 0.491 e. The van der Waals surface area contributed by atoms with E-state index in [1.54, 1.807) is 18.5 Å². The topological polar surface area (TPSA) is 160 Å². The summed E-state index contributed by atoms with van der Waals surface area (Å²) < 4.78 is 13.7. The predicted octanol–water partition coefficient (Wildman–Crippen LogP) is 3.55. The van der Waals surface area contributed by atoms with Gasteiger partial charge in [0, 0.05) is 36.1 Å². The number of hydrogen-bond donors (Lipinski definition) is 5. The maximum atomic E-state index is 10.6. The number of hydrazone groups is 1. The number of nitrogens with zero attached hydrogens (tertiary/aromatic N) is 6. The molecule has 13 nitrogen and oxygen atoms in total. The Morgan fingerprint density at radius 3 is 2.51 bits per heavy atom. The Morgan fingerprint density at radius 1 is 1.09 bits per heavy atom. The molecule has 2 bridgehead atoms. The summed E-state index contributed by atoms with van der Waals surface area (Å²) in [5, 5.41) is 25.3. The van der Waals surface area contributed by atoms with Crippen LogP contribution in [0.15, 0.2) is 41.9 Å². The molecule has 2 aliphatic heterocycles. The molecule has 3 aliphatic rings. The molecular weight excluding hydrogens is 572 g/mol. The monoisotopic (exact) mass is 610 g/mol. The molecule has 43 heavy (non-hydrogen) atoms. The summed E-state index contributed by atoms with van der Waals surface area (Å²) in [5.41, 5.74) is 4.32. The Balaban J connectivity index is 1.05. The average molecular weight is 611 g/mol. The summed E-state index contributed by atoms with van der Waals surface area (Å²) in [4.78, 5) is 11.7. The molecule has 1 saturated carbocycles. The maximum Gasteiger partial charge on any atom is 0.254 e. The molecule has 3 atom stereocenters. The van der Waals surface area contributed by atoms with Crippen molar-refractivity contribution in [1.82, 2.24) is 35.5 Å². The second kappa shape index (κ2) is 13.3. The van der Waals surface area contributed by atoms with Crippen molar-refractivity contribution < 1.29 is 14.6 Å². The van der Waals surface area contributed by atoms with Crippen LogP contribution in [-0.2, 0) is 4.74 Å². The van der Waals surface area contributed by atoms with E-state index in [1.165, 1.54) is 19.2 Å². The van der Waals surface area contributed by atoms with Crippen LogP contribution in [0.5, 0.6) is 11.6 Å². The number of hydrogen-bond acceptors (Lipinski definition) is 11. The number of rotatable bonds is 11. The van der Waals surface area contributed by atoms with Gasteiger partial charge in [-0.15, -0.1) is 5.10 Å². The number of halogens is 1. The number of ether oxygens (including phenoxy) is 2. The molecule has 0 amide bonds.